The first-order chi connectivity index (χ1) is 10.6. The Labute approximate surface area is 127 Å². The fourth-order valence-electron chi connectivity index (χ4n) is 2.07. The molecule has 0 fully saturated rings. The first kappa shape index (κ1) is 15.7. The van der Waals surface area contributed by atoms with Crippen LogP contribution >= 0.6 is 0 Å². The van der Waals surface area contributed by atoms with E-state index in [2.05, 4.69) is 5.32 Å². The van der Waals surface area contributed by atoms with Gasteiger partial charge in [-0.25, -0.2) is 9.18 Å². The van der Waals surface area contributed by atoms with Crippen LogP contribution in [0, 0.1) is 5.82 Å². The van der Waals surface area contributed by atoms with Gasteiger partial charge in [0.25, 0.3) is 5.91 Å². The van der Waals surface area contributed by atoms with Gasteiger partial charge in [-0.05, 0) is 17.7 Å². The van der Waals surface area contributed by atoms with Gasteiger partial charge in [0.2, 0.25) is 0 Å². The second-order valence-corrected chi connectivity index (χ2v) is 4.72. The van der Waals surface area contributed by atoms with Gasteiger partial charge in [-0.3, -0.25) is 4.79 Å². The minimum absolute atomic E-state index is 0.107. The van der Waals surface area contributed by atoms with E-state index < -0.39 is 23.7 Å². The molecule has 4 nitrogen and oxygen atoms in total. The highest BCUT2D eigenvalue weighted by molar-refractivity contribution is 5.97. The number of benzene rings is 2. The van der Waals surface area contributed by atoms with Gasteiger partial charge in [-0.2, -0.15) is 0 Å². The number of amides is 1. The molecule has 0 saturated heterocycles. The lowest BCUT2D eigenvalue weighted by molar-refractivity contribution is -0.142. The van der Waals surface area contributed by atoms with Crippen LogP contribution in [-0.4, -0.2) is 25.0 Å². The van der Waals surface area contributed by atoms with E-state index in [9.17, 15) is 14.0 Å². The molecule has 0 spiro atoms. The second-order valence-electron chi connectivity index (χ2n) is 4.72. The lowest BCUT2D eigenvalue weighted by Gasteiger charge is -2.17. The Morgan fingerprint density at radius 3 is 2.36 bits per heavy atom. The molecule has 0 unspecified atom stereocenters. The maximum Gasteiger partial charge on any atom is 0.328 e. The summed E-state index contributed by atoms with van der Waals surface area (Å²) in [6, 6.07) is 13.9. The summed E-state index contributed by atoms with van der Waals surface area (Å²) in [5.41, 5.74) is 0.760. The average molecular weight is 301 g/mol. The number of rotatable bonds is 5. The van der Waals surface area contributed by atoms with Crippen molar-refractivity contribution in [2.24, 2.45) is 0 Å². The Hall–Kier alpha value is -2.69. The first-order valence-corrected chi connectivity index (χ1v) is 6.79. The number of ether oxygens (including phenoxy) is 1. The van der Waals surface area contributed by atoms with Crippen molar-refractivity contribution >= 4 is 11.9 Å². The quantitative estimate of drug-likeness (QED) is 0.862. The van der Waals surface area contributed by atoms with Gasteiger partial charge in [-0.15, -0.1) is 0 Å². The molecule has 2 aromatic carbocycles. The highest BCUT2D eigenvalue weighted by atomic mass is 19.1. The molecule has 2 rings (SSSR count). The smallest absolute Gasteiger partial charge is 0.328 e. The van der Waals surface area contributed by atoms with Gasteiger partial charge < -0.3 is 10.1 Å². The summed E-state index contributed by atoms with van der Waals surface area (Å²) < 4.78 is 18.3. The summed E-state index contributed by atoms with van der Waals surface area (Å²) in [4.78, 5) is 24.0. The molecule has 22 heavy (non-hydrogen) atoms. The van der Waals surface area contributed by atoms with Gasteiger partial charge in [0.05, 0.1) is 12.7 Å². The zero-order valence-electron chi connectivity index (χ0n) is 12.1. The van der Waals surface area contributed by atoms with Crippen molar-refractivity contribution in [3.63, 3.8) is 0 Å². The van der Waals surface area contributed by atoms with Crippen molar-refractivity contribution in [2.75, 3.05) is 7.11 Å². The number of hydrogen-bond acceptors (Lipinski definition) is 3. The molecule has 0 aliphatic rings. The van der Waals surface area contributed by atoms with E-state index in [1.807, 2.05) is 30.3 Å². The monoisotopic (exact) mass is 301 g/mol. The second kappa shape index (κ2) is 7.36. The first-order valence-electron chi connectivity index (χ1n) is 6.79. The third kappa shape index (κ3) is 3.91. The molecule has 0 aromatic heterocycles. The maximum atomic E-state index is 13.6. The maximum absolute atomic E-state index is 13.6. The van der Waals surface area contributed by atoms with Crippen LogP contribution in [0.4, 0.5) is 4.39 Å². The van der Waals surface area contributed by atoms with Gasteiger partial charge in [0, 0.05) is 6.42 Å². The van der Waals surface area contributed by atoms with Crippen molar-refractivity contribution in [3.05, 3.63) is 71.5 Å². The number of nitrogens with one attached hydrogen (secondary N) is 1. The Morgan fingerprint density at radius 1 is 1.09 bits per heavy atom. The number of esters is 1. The van der Waals surface area contributed by atoms with E-state index in [1.165, 1.54) is 25.3 Å². The molecular weight excluding hydrogens is 285 g/mol. The summed E-state index contributed by atoms with van der Waals surface area (Å²) in [7, 11) is 1.25. The topological polar surface area (TPSA) is 55.4 Å². The zero-order valence-corrected chi connectivity index (χ0v) is 12.1. The van der Waals surface area contributed by atoms with Crippen LogP contribution in [0.5, 0.6) is 0 Å². The number of methoxy groups -OCH3 is 1. The Kier molecular flexibility index (Phi) is 5.25. The van der Waals surface area contributed by atoms with Crippen molar-refractivity contribution in [1.82, 2.24) is 5.32 Å². The van der Waals surface area contributed by atoms with Crippen LogP contribution in [0.3, 0.4) is 0 Å². The number of hydrogen-bond donors (Lipinski definition) is 1. The lowest BCUT2D eigenvalue weighted by Crippen LogP contribution is -2.43. The van der Waals surface area contributed by atoms with Crippen LogP contribution < -0.4 is 5.32 Å². The van der Waals surface area contributed by atoms with Crippen molar-refractivity contribution < 1.29 is 18.7 Å². The third-order valence-corrected chi connectivity index (χ3v) is 3.19. The van der Waals surface area contributed by atoms with Crippen molar-refractivity contribution in [1.29, 1.82) is 0 Å². The summed E-state index contributed by atoms with van der Waals surface area (Å²) in [6.07, 6.45) is 0.272. The highest BCUT2D eigenvalue weighted by Gasteiger charge is 2.23. The molecule has 5 heteroatoms. The van der Waals surface area contributed by atoms with Gasteiger partial charge >= 0.3 is 5.97 Å². The van der Waals surface area contributed by atoms with E-state index in [1.54, 1.807) is 6.07 Å². The number of halogens is 1. The summed E-state index contributed by atoms with van der Waals surface area (Å²) in [5, 5.41) is 2.52. The van der Waals surface area contributed by atoms with Crippen molar-refractivity contribution in [2.45, 2.75) is 12.5 Å². The molecule has 1 amide bonds. The average Bonchev–Trinajstić information content (AvgIpc) is 2.54. The highest BCUT2D eigenvalue weighted by Crippen LogP contribution is 2.09. The predicted octanol–water partition coefficient (Wildman–Crippen LogP) is 2.34. The molecule has 0 radical (unpaired) electrons. The third-order valence-electron chi connectivity index (χ3n) is 3.19. The largest absolute Gasteiger partial charge is 0.467 e. The van der Waals surface area contributed by atoms with Crippen LogP contribution in [0.1, 0.15) is 15.9 Å². The van der Waals surface area contributed by atoms with Crippen molar-refractivity contribution in [3.8, 4) is 0 Å². The molecule has 0 saturated carbocycles. The minimum Gasteiger partial charge on any atom is -0.467 e. The number of carbonyl (C=O) groups excluding carboxylic acids is 2. The molecular formula is C17H16FNO3. The normalized spacial score (nSPS) is 11.5. The minimum atomic E-state index is -0.875. The molecule has 0 heterocycles. The Morgan fingerprint density at radius 2 is 1.73 bits per heavy atom. The molecule has 2 aromatic rings. The SMILES string of the molecule is COC(=O)[C@H](Cc1ccccc1)NC(=O)c1ccccc1F. The molecule has 1 N–H and O–H groups in total. The van der Waals surface area contributed by atoms with E-state index in [4.69, 9.17) is 4.74 Å². The van der Waals surface area contributed by atoms with Gasteiger partial charge in [0.15, 0.2) is 0 Å². The molecule has 1 atom stereocenters. The van der Waals surface area contributed by atoms with Gasteiger partial charge in [-0.1, -0.05) is 42.5 Å². The van der Waals surface area contributed by atoms with E-state index in [0.29, 0.717) is 0 Å². The zero-order chi connectivity index (χ0) is 15.9. The Balaban J connectivity index is 2.15. The lowest BCUT2D eigenvalue weighted by atomic mass is 10.1. The van der Waals surface area contributed by atoms with E-state index in [0.717, 1.165) is 5.56 Å². The Bertz CT molecular complexity index is 658. The van der Waals surface area contributed by atoms with Crippen LogP contribution in [0.15, 0.2) is 54.6 Å². The van der Waals surface area contributed by atoms with Crippen LogP contribution in [0.2, 0.25) is 0 Å². The molecule has 0 aliphatic carbocycles. The molecule has 114 valence electrons. The fourth-order valence-corrected chi connectivity index (χ4v) is 2.07. The number of carbonyl (C=O) groups is 2. The standard InChI is InChI=1S/C17H16FNO3/c1-22-17(21)15(11-12-7-3-2-4-8-12)19-16(20)13-9-5-6-10-14(13)18/h2-10,15H,11H2,1H3,(H,19,20)/t15-/m0/s1. The van der Waals surface area contributed by atoms with Gasteiger partial charge in [0.1, 0.15) is 11.9 Å². The fraction of sp³-hybridized carbons (Fsp3) is 0.176. The summed E-state index contributed by atoms with van der Waals surface area (Å²) >= 11 is 0. The van der Waals surface area contributed by atoms with E-state index in [-0.39, 0.29) is 12.0 Å². The summed E-state index contributed by atoms with van der Waals surface area (Å²) in [5.74, 6) is -1.86. The van der Waals surface area contributed by atoms with Crippen LogP contribution in [-0.2, 0) is 16.0 Å². The summed E-state index contributed by atoms with van der Waals surface area (Å²) in [6.45, 7) is 0. The molecule has 0 bridgehead atoms. The molecule has 0 aliphatic heterocycles. The predicted molar refractivity (Wildman–Crippen MR) is 79.8 cm³/mol. The van der Waals surface area contributed by atoms with E-state index >= 15 is 0 Å². The van der Waals surface area contributed by atoms with Crippen LogP contribution in [0.25, 0.3) is 0 Å².